The highest BCUT2D eigenvalue weighted by molar-refractivity contribution is 6.31. The maximum Gasteiger partial charge on any atom is 0.272 e. The van der Waals surface area contributed by atoms with Gasteiger partial charge in [0.25, 0.3) is 5.92 Å². The zero-order valence-corrected chi connectivity index (χ0v) is 16.7. The van der Waals surface area contributed by atoms with Crippen molar-refractivity contribution in [2.24, 2.45) is 0 Å². The molecule has 1 saturated heterocycles. The van der Waals surface area contributed by atoms with E-state index in [4.69, 9.17) is 21.1 Å². The molecule has 0 spiro atoms. The molecule has 4 rings (SSSR count). The Morgan fingerprint density at radius 2 is 1.97 bits per heavy atom. The molecule has 1 aliphatic rings. The summed E-state index contributed by atoms with van der Waals surface area (Å²) < 4.78 is 50.5. The first-order valence-corrected chi connectivity index (χ1v) is 9.50. The van der Waals surface area contributed by atoms with Gasteiger partial charge < -0.3 is 14.8 Å². The molecular weight excluding hydrogens is 421 g/mol. The second kappa shape index (κ2) is 8.16. The van der Waals surface area contributed by atoms with Crippen molar-refractivity contribution in [3.05, 3.63) is 47.5 Å². The van der Waals surface area contributed by atoms with E-state index in [1.807, 2.05) is 0 Å². The van der Waals surface area contributed by atoms with E-state index in [0.29, 0.717) is 40.5 Å². The number of hydrogen-bond acceptors (Lipinski definition) is 6. The smallest absolute Gasteiger partial charge is 0.272 e. The van der Waals surface area contributed by atoms with Crippen molar-refractivity contribution in [1.82, 2.24) is 14.9 Å². The number of fused-ring (bicyclic) bond motifs is 1. The van der Waals surface area contributed by atoms with E-state index < -0.39 is 11.7 Å². The average molecular weight is 439 g/mol. The molecule has 0 bridgehead atoms. The molecule has 10 heteroatoms. The number of ether oxygens (including phenoxy) is 2. The molecule has 0 atom stereocenters. The van der Waals surface area contributed by atoms with Crippen LogP contribution in [0.4, 0.5) is 24.7 Å². The van der Waals surface area contributed by atoms with E-state index in [2.05, 4.69) is 15.3 Å². The average Bonchev–Trinajstić information content (AvgIpc) is 2.69. The SMILES string of the molecule is COc1cc2ncnc(Nc3ccc(F)c(Cl)c3)c2cc1OCCN1CC(F)(F)C1. The lowest BCUT2D eigenvalue weighted by Crippen LogP contribution is -2.56. The van der Waals surface area contributed by atoms with Gasteiger partial charge in [-0.25, -0.2) is 23.1 Å². The number of nitrogens with zero attached hydrogens (tertiary/aromatic N) is 3. The van der Waals surface area contributed by atoms with Crippen molar-refractivity contribution >= 4 is 34.0 Å². The second-order valence-corrected chi connectivity index (χ2v) is 7.32. The number of nitrogens with one attached hydrogen (secondary N) is 1. The van der Waals surface area contributed by atoms with Gasteiger partial charge in [-0.3, -0.25) is 4.90 Å². The van der Waals surface area contributed by atoms with Crippen molar-refractivity contribution in [2.75, 3.05) is 38.7 Å². The second-order valence-electron chi connectivity index (χ2n) is 6.91. The lowest BCUT2D eigenvalue weighted by molar-refractivity contribution is -0.132. The number of alkyl halides is 2. The number of hydrogen-bond donors (Lipinski definition) is 1. The van der Waals surface area contributed by atoms with Gasteiger partial charge in [-0.1, -0.05) is 11.6 Å². The van der Waals surface area contributed by atoms with E-state index in [1.165, 1.54) is 25.6 Å². The molecule has 2 aromatic carbocycles. The Labute approximate surface area is 175 Å². The Balaban J connectivity index is 1.56. The van der Waals surface area contributed by atoms with Gasteiger partial charge in [0.2, 0.25) is 0 Å². The van der Waals surface area contributed by atoms with E-state index >= 15 is 0 Å². The third-order valence-corrected chi connectivity index (χ3v) is 4.97. The summed E-state index contributed by atoms with van der Waals surface area (Å²) in [5, 5.41) is 3.72. The highest BCUT2D eigenvalue weighted by Gasteiger charge is 2.43. The number of aromatic nitrogens is 2. The van der Waals surface area contributed by atoms with Gasteiger partial charge >= 0.3 is 0 Å². The minimum absolute atomic E-state index is 0.0133. The monoisotopic (exact) mass is 438 g/mol. The Hall–Kier alpha value is -2.78. The van der Waals surface area contributed by atoms with Crippen LogP contribution in [0.25, 0.3) is 10.9 Å². The summed E-state index contributed by atoms with van der Waals surface area (Å²) >= 11 is 5.84. The van der Waals surface area contributed by atoms with Gasteiger partial charge in [-0.15, -0.1) is 0 Å². The summed E-state index contributed by atoms with van der Waals surface area (Å²) in [5.74, 6) is -1.76. The van der Waals surface area contributed by atoms with Crippen LogP contribution >= 0.6 is 11.6 Å². The largest absolute Gasteiger partial charge is 0.493 e. The number of anilines is 2. The van der Waals surface area contributed by atoms with Gasteiger partial charge in [-0.05, 0) is 24.3 Å². The minimum atomic E-state index is -2.61. The van der Waals surface area contributed by atoms with E-state index in [1.54, 1.807) is 23.1 Å². The fourth-order valence-corrected chi connectivity index (χ4v) is 3.38. The minimum Gasteiger partial charge on any atom is -0.493 e. The highest BCUT2D eigenvalue weighted by Crippen LogP contribution is 2.35. The summed E-state index contributed by atoms with van der Waals surface area (Å²) in [7, 11) is 1.50. The number of rotatable bonds is 7. The molecule has 0 amide bonds. The van der Waals surface area contributed by atoms with E-state index in [0.717, 1.165) is 0 Å². The van der Waals surface area contributed by atoms with Crippen LogP contribution in [0.2, 0.25) is 5.02 Å². The summed E-state index contributed by atoms with van der Waals surface area (Å²) in [6.07, 6.45) is 1.39. The number of benzene rings is 2. The van der Waals surface area contributed by atoms with Gasteiger partial charge in [0.05, 0.1) is 30.7 Å². The molecule has 1 aliphatic heterocycles. The lowest BCUT2D eigenvalue weighted by atomic mass is 10.1. The molecule has 0 aliphatic carbocycles. The van der Waals surface area contributed by atoms with Crippen molar-refractivity contribution in [3.63, 3.8) is 0 Å². The molecule has 1 N–H and O–H groups in total. The molecule has 1 aromatic heterocycles. The van der Waals surface area contributed by atoms with Gasteiger partial charge in [-0.2, -0.15) is 0 Å². The van der Waals surface area contributed by atoms with Crippen molar-refractivity contribution < 1.29 is 22.6 Å². The molecule has 0 unspecified atom stereocenters. The van der Waals surface area contributed by atoms with Crippen molar-refractivity contribution in [1.29, 1.82) is 0 Å². The van der Waals surface area contributed by atoms with E-state index in [-0.39, 0.29) is 24.7 Å². The van der Waals surface area contributed by atoms with Gasteiger partial charge in [0.15, 0.2) is 11.5 Å². The Kier molecular flexibility index (Phi) is 5.57. The number of methoxy groups -OCH3 is 1. The topological polar surface area (TPSA) is 59.5 Å². The van der Waals surface area contributed by atoms with Crippen LogP contribution in [-0.4, -0.2) is 54.1 Å². The zero-order valence-electron chi connectivity index (χ0n) is 16.0. The molecule has 0 radical (unpaired) electrons. The maximum atomic E-state index is 13.4. The van der Waals surface area contributed by atoms with Crippen LogP contribution in [0, 0.1) is 5.82 Å². The van der Waals surface area contributed by atoms with Gasteiger partial charge in [0.1, 0.15) is 24.6 Å². The Bertz CT molecular complexity index is 1080. The van der Waals surface area contributed by atoms with Crippen LogP contribution in [-0.2, 0) is 0 Å². The summed E-state index contributed by atoms with van der Waals surface area (Å²) in [5.41, 5.74) is 1.16. The van der Waals surface area contributed by atoms with Crippen LogP contribution in [0.1, 0.15) is 0 Å². The maximum absolute atomic E-state index is 13.4. The molecule has 158 valence electrons. The first kappa shape index (κ1) is 20.5. The van der Waals surface area contributed by atoms with Crippen LogP contribution in [0.5, 0.6) is 11.5 Å². The fourth-order valence-electron chi connectivity index (χ4n) is 3.20. The predicted octanol–water partition coefficient (Wildman–Crippen LogP) is 4.50. The quantitative estimate of drug-likeness (QED) is 0.586. The molecule has 0 saturated carbocycles. The standard InChI is InChI=1S/C20H18ClF3N4O2/c1-29-17-8-16-13(7-18(17)30-5-4-28-9-20(23,24)10-28)19(26-11-25-16)27-12-2-3-15(22)14(21)6-12/h2-3,6-8,11H,4-5,9-10H2,1H3,(H,25,26,27). The van der Waals surface area contributed by atoms with Crippen LogP contribution < -0.4 is 14.8 Å². The summed E-state index contributed by atoms with van der Waals surface area (Å²) in [4.78, 5) is 10.1. The molecular formula is C20H18ClF3N4O2. The Morgan fingerprint density at radius 3 is 2.67 bits per heavy atom. The van der Waals surface area contributed by atoms with E-state index in [9.17, 15) is 13.2 Å². The Morgan fingerprint density at radius 1 is 1.17 bits per heavy atom. The third-order valence-electron chi connectivity index (χ3n) is 4.68. The lowest BCUT2D eigenvalue weighted by Gasteiger charge is -2.38. The predicted molar refractivity (Wildman–Crippen MR) is 108 cm³/mol. The molecule has 6 nitrogen and oxygen atoms in total. The van der Waals surface area contributed by atoms with Crippen LogP contribution in [0.15, 0.2) is 36.7 Å². The zero-order chi connectivity index (χ0) is 21.3. The molecule has 2 heterocycles. The molecule has 1 fully saturated rings. The third kappa shape index (κ3) is 4.36. The first-order chi connectivity index (χ1) is 14.3. The van der Waals surface area contributed by atoms with Crippen LogP contribution in [0.3, 0.4) is 0 Å². The van der Waals surface area contributed by atoms with Crippen molar-refractivity contribution in [3.8, 4) is 11.5 Å². The van der Waals surface area contributed by atoms with Crippen molar-refractivity contribution in [2.45, 2.75) is 5.92 Å². The normalized spacial score (nSPS) is 15.6. The number of likely N-dealkylation sites (tertiary alicyclic amines) is 1. The molecule has 30 heavy (non-hydrogen) atoms. The number of halogens is 4. The summed E-state index contributed by atoms with van der Waals surface area (Å²) in [6.45, 7) is 0.0872. The molecule has 3 aromatic rings. The van der Waals surface area contributed by atoms with Gasteiger partial charge in [0, 0.05) is 23.7 Å². The highest BCUT2D eigenvalue weighted by atomic mass is 35.5. The fraction of sp³-hybridized carbons (Fsp3) is 0.300. The first-order valence-electron chi connectivity index (χ1n) is 9.12. The summed E-state index contributed by atoms with van der Waals surface area (Å²) in [6, 6.07) is 7.66.